The molecule has 4 rings (SSSR count). The largest absolute Gasteiger partial charge is 0.353 e. The van der Waals surface area contributed by atoms with Crippen molar-refractivity contribution in [3.8, 4) is 0 Å². The third-order valence-electron chi connectivity index (χ3n) is 7.74. The van der Waals surface area contributed by atoms with E-state index in [1.807, 2.05) is 25.1 Å². The number of likely N-dealkylation sites (tertiary alicyclic amines) is 1. The molecular weight excluding hydrogens is 450 g/mol. The van der Waals surface area contributed by atoms with Gasteiger partial charge in [-0.3, -0.25) is 24.3 Å². The van der Waals surface area contributed by atoms with Crippen LogP contribution in [0.4, 0.5) is 0 Å². The molecule has 2 unspecified atom stereocenters. The third kappa shape index (κ3) is 6.72. The SMILES string of the molecule is CC(C(=O)NC1CCCC1)N1CCN(CC(=O)NCC(c2ccccc2Cl)N2CCCC2)CC1. The highest BCUT2D eigenvalue weighted by molar-refractivity contribution is 6.31. The fourth-order valence-electron chi connectivity index (χ4n) is 5.57. The van der Waals surface area contributed by atoms with Crippen molar-refractivity contribution >= 4 is 23.4 Å². The molecule has 0 radical (unpaired) electrons. The van der Waals surface area contributed by atoms with Crippen LogP contribution in [0.25, 0.3) is 0 Å². The van der Waals surface area contributed by atoms with Gasteiger partial charge in [-0.2, -0.15) is 0 Å². The zero-order valence-electron chi connectivity index (χ0n) is 20.5. The van der Waals surface area contributed by atoms with Gasteiger partial charge in [0.25, 0.3) is 0 Å². The quantitative estimate of drug-likeness (QED) is 0.558. The summed E-state index contributed by atoms with van der Waals surface area (Å²) < 4.78 is 0. The Morgan fingerprint density at radius 3 is 2.32 bits per heavy atom. The summed E-state index contributed by atoms with van der Waals surface area (Å²) in [5.41, 5.74) is 1.09. The van der Waals surface area contributed by atoms with E-state index in [0.29, 0.717) is 19.1 Å². The molecule has 0 bridgehead atoms. The van der Waals surface area contributed by atoms with Gasteiger partial charge in [-0.25, -0.2) is 0 Å². The fourth-order valence-corrected chi connectivity index (χ4v) is 5.83. The Labute approximate surface area is 209 Å². The molecule has 7 nitrogen and oxygen atoms in total. The van der Waals surface area contributed by atoms with E-state index in [2.05, 4.69) is 31.4 Å². The van der Waals surface area contributed by atoms with Gasteiger partial charge in [0, 0.05) is 43.8 Å². The Bertz CT molecular complexity index is 817. The van der Waals surface area contributed by atoms with Crippen LogP contribution in [0.2, 0.25) is 5.02 Å². The molecule has 1 saturated carbocycles. The number of nitrogens with one attached hydrogen (secondary N) is 2. The number of rotatable bonds is 9. The Morgan fingerprint density at radius 1 is 0.971 bits per heavy atom. The van der Waals surface area contributed by atoms with E-state index in [9.17, 15) is 9.59 Å². The van der Waals surface area contributed by atoms with E-state index in [1.165, 1.54) is 25.7 Å². The number of amides is 2. The van der Waals surface area contributed by atoms with Crippen molar-refractivity contribution in [3.05, 3.63) is 34.9 Å². The normalized spacial score (nSPS) is 22.5. The van der Waals surface area contributed by atoms with Gasteiger partial charge in [-0.05, 0) is 57.3 Å². The second-order valence-corrected chi connectivity index (χ2v) is 10.5. The van der Waals surface area contributed by atoms with E-state index >= 15 is 0 Å². The molecule has 2 heterocycles. The maximum Gasteiger partial charge on any atom is 0.237 e. The van der Waals surface area contributed by atoms with Crippen molar-refractivity contribution in [2.45, 2.75) is 63.6 Å². The van der Waals surface area contributed by atoms with Crippen LogP contribution in [0.1, 0.15) is 57.1 Å². The van der Waals surface area contributed by atoms with Crippen LogP contribution in [0.5, 0.6) is 0 Å². The van der Waals surface area contributed by atoms with Crippen molar-refractivity contribution in [2.24, 2.45) is 0 Å². The molecule has 3 aliphatic rings. The predicted molar refractivity (Wildman–Crippen MR) is 136 cm³/mol. The van der Waals surface area contributed by atoms with Crippen molar-refractivity contribution in [2.75, 3.05) is 52.4 Å². The number of halogens is 1. The van der Waals surface area contributed by atoms with Crippen LogP contribution in [-0.2, 0) is 9.59 Å². The summed E-state index contributed by atoms with van der Waals surface area (Å²) in [6.45, 7) is 8.27. The molecule has 1 aromatic carbocycles. The molecule has 2 saturated heterocycles. The summed E-state index contributed by atoms with van der Waals surface area (Å²) in [6.07, 6.45) is 7.04. The molecule has 0 aromatic heterocycles. The van der Waals surface area contributed by atoms with Crippen LogP contribution in [0.3, 0.4) is 0 Å². The molecule has 34 heavy (non-hydrogen) atoms. The van der Waals surface area contributed by atoms with Crippen molar-refractivity contribution < 1.29 is 9.59 Å². The van der Waals surface area contributed by atoms with Gasteiger partial charge in [0.2, 0.25) is 11.8 Å². The molecule has 188 valence electrons. The first kappa shape index (κ1) is 25.4. The molecule has 2 amide bonds. The second kappa shape index (κ2) is 12.3. The van der Waals surface area contributed by atoms with E-state index < -0.39 is 0 Å². The van der Waals surface area contributed by atoms with Crippen molar-refractivity contribution in [1.82, 2.24) is 25.3 Å². The molecular formula is C26H40ClN5O2. The van der Waals surface area contributed by atoms with Crippen LogP contribution in [0, 0.1) is 0 Å². The minimum atomic E-state index is -0.117. The smallest absolute Gasteiger partial charge is 0.237 e. The minimum Gasteiger partial charge on any atom is -0.353 e. The van der Waals surface area contributed by atoms with Gasteiger partial charge in [-0.1, -0.05) is 42.6 Å². The summed E-state index contributed by atoms with van der Waals surface area (Å²) in [6, 6.07) is 8.31. The number of piperazine rings is 1. The van der Waals surface area contributed by atoms with Crippen molar-refractivity contribution in [1.29, 1.82) is 0 Å². The van der Waals surface area contributed by atoms with Crippen LogP contribution in [0.15, 0.2) is 24.3 Å². The van der Waals surface area contributed by atoms with Gasteiger partial charge in [0.1, 0.15) is 0 Å². The van der Waals surface area contributed by atoms with Crippen molar-refractivity contribution in [3.63, 3.8) is 0 Å². The highest BCUT2D eigenvalue weighted by Crippen LogP contribution is 2.29. The highest BCUT2D eigenvalue weighted by atomic mass is 35.5. The maximum atomic E-state index is 12.8. The predicted octanol–water partition coefficient (Wildman–Crippen LogP) is 2.66. The lowest BCUT2D eigenvalue weighted by atomic mass is 10.1. The number of carbonyl (C=O) groups is 2. The standard InChI is InChI=1S/C26H40ClN5O2/c1-20(26(34)29-21-8-2-3-9-21)31-16-14-30(15-17-31)19-25(33)28-18-24(32-12-6-7-13-32)22-10-4-5-11-23(22)27/h4-5,10-11,20-21,24H,2-3,6-9,12-19H2,1H3,(H,28,33)(H,29,34). The average molecular weight is 490 g/mol. The Morgan fingerprint density at radius 2 is 1.65 bits per heavy atom. The summed E-state index contributed by atoms with van der Waals surface area (Å²) in [7, 11) is 0. The zero-order chi connectivity index (χ0) is 23.9. The highest BCUT2D eigenvalue weighted by Gasteiger charge is 2.29. The van der Waals surface area contributed by atoms with E-state index in [0.717, 1.165) is 62.7 Å². The summed E-state index contributed by atoms with van der Waals surface area (Å²) in [5, 5.41) is 7.14. The molecule has 2 atom stereocenters. The summed E-state index contributed by atoms with van der Waals surface area (Å²) in [4.78, 5) is 32.2. The van der Waals surface area contributed by atoms with Gasteiger partial charge < -0.3 is 10.6 Å². The van der Waals surface area contributed by atoms with Crippen LogP contribution >= 0.6 is 11.6 Å². The first-order valence-electron chi connectivity index (χ1n) is 13.0. The molecule has 1 aromatic rings. The first-order valence-corrected chi connectivity index (χ1v) is 13.4. The van der Waals surface area contributed by atoms with E-state index in [4.69, 9.17) is 11.6 Å². The van der Waals surface area contributed by atoms with Gasteiger partial charge >= 0.3 is 0 Å². The molecule has 2 N–H and O–H groups in total. The fraction of sp³-hybridized carbons (Fsp3) is 0.692. The number of hydrogen-bond acceptors (Lipinski definition) is 5. The van der Waals surface area contributed by atoms with Crippen LogP contribution in [-0.4, -0.2) is 91.0 Å². The monoisotopic (exact) mass is 489 g/mol. The molecule has 2 aliphatic heterocycles. The lowest BCUT2D eigenvalue weighted by Crippen LogP contribution is -2.56. The zero-order valence-corrected chi connectivity index (χ0v) is 21.2. The number of nitrogens with zero attached hydrogens (tertiary/aromatic N) is 3. The Kier molecular flexibility index (Phi) is 9.23. The third-order valence-corrected chi connectivity index (χ3v) is 8.09. The molecule has 1 aliphatic carbocycles. The van der Waals surface area contributed by atoms with Gasteiger partial charge in [0.05, 0.1) is 18.6 Å². The molecule has 8 heteroatoms. The molecule has 3 fully saturated rings. The number of benzene rings is 1. The average Bonchev–Trinajstić information content (AvgIpc) is 3.55. The Hall–Kier alpha value is -1.67. The lowest BCUT2D eigenvalue weighted by molar-refractivity contribution is -0.128. The van der Waals surface area contributed by atoms with E-state index in [1.54, 1.807) is 0 Å². The van der Waals surface area contributed by atoms with Gasteiger partial charge in [-0.15, -0.1) is 0 Å². The summed E-state index contributed by atoms with van der Waals surface area (Å²) in [5.74, 6) is 0.197. The summed E-state index contributed by atoms with van der Waals surface area (Å²) >= 11 is 6.50. The lowest BCUT2D eigenvalue weighted by Gasteiger charge is -2.37. The number of carbonyl (C=O) groups excluding carboxylic acids is 2. The maximum absolute atomic E-state index is 12.8. The topological polar surface area (TPSA) is 67.9 Å². The molecule has 0 spiro atoms. The van der Waals surface area contributed by atoms with E-state index in [-0.39, 0.29) is 23.9 Å². The first-order chi connectivity index (χ1) is 16.5. The van der Waals surface area contributed by atoms with Crippen LogP contribution < -0.4 is 10.6 Å². The number of hydrogen-bond donors (Lipinski definition) is 2. The second-order valence-electron chi connectivity index (χ2n) is 10.1. The Balaban J connectivity index is 1.22. The van der Waals surface area contributed by atoms with Gasteiger partial charge in [0.15, 0.2) is 0 Å². The minimum absolute atomic E-state index is 0.0525.